The number of nitrogens with two attached hydrogens (primary N) is 1. The fourth-order valence-electron chi connectivity index (χ4n) is 3.88. The summed E-state index contributed by atoms with van der Waals surface area (Å²) in [6.45, 7) is 1.10. The van der Waals surface area contributed by atoms with Crippen LogP contribution in [0, 0.1) is 5.92 Å². The van der Waals surface area contributed by atoms with Crippen LogP contribution in [0.4, 0.5) is 13.2 Å². The molecule has 2 aliphatic heterocycles. The van der Waals surface area contributed by atoms with Crippen LogP contribution in [0.25, 0.3) is 0 Å². The largest absolute Gasteiger partial charge is 0.495 e. The van der Waals surface area contributed by atoms with Crippen molar-refractivity contribution >= 4 is 5.91 Å². The van der Waals surface area contributed by atoms with Gasteiger partial charge in [0.25, 0.3) is 5.91 Å². The highest BCUT2D eigenvalue weighted by Crippen LogP contribution is 2.31. The van der Waals surface area contributed by atoms with E-state index in [-0.39, 0.29) is 23.3 Å². The molecule has 11 heteroatoms. The summed E-state index contributed by atoms with van der Waals surface area (Å²) in [5.41, 5.74) is 12.1. The number of allylic oxidation sites excluding steroid dienone is 2. The van der Waals surface area contributed by atoms with Crippen molar-refractivity contribution in [2.45, 2.75) is 19.0 Å². The topological polar surface area (TPSA) is 102 Å². The number of carbonyl (C=O) groups is 1. The molecule has 1 aromatic heterocycles. The van der Waals surface area contributed by atoms with E-state index in [1.807, 2.05) is 0 Å². The lowest BCUT2D eigenvalue weighted by Crippen LogP contribution is -2.44. The molecule has 2 aromatic rings. The smallest absolute Gasteiger partial charge is 0.416 e. The second kappa shape index (κ2) is 9.54. The lowest BCUT2D eigenvalue weighted by Gasteiger charge is -2.34. The number of nitrogens with zero attached hydrogens (tertiary/aromatic N) is 2. The number of aromatic nitrogens is 1. The number of alkyl halides is 3. The first kappa shape index (κ1) is 23.3. The van der Waals surface area contributed by atoms with E-state index in [1.165, 1.54) is 18.3 Å². The SMILES string of the molecule is COC1=C(C2CCN(C(=O)c3ccc(Oc4ccc(C(F)(F)F)cc4)cn3)CC2)NNC(N)=C1. The highest BCUT2D eigenvalue weighted by Gasteiger charge is 2.30. The zero-order valence-electron chi connectivity index (χ0n) is 18.4. The van der Waals surface area contributed by atoms with E-state index < -0.39 is 11.7 Å². The average molecular weight is 475 g/mol. The molecule has 0 unspecified atom stereocenters. The highest BCUT2D eigenvalue weighted by atomic mass is 19.4. The van der Waals surface area contributed by atoms with Crippen LogP contribution in [-0.4, -0.2) is 36.0 Å². The Hall–Kier alpha value is -3.89. The zero-order chi connectivity index (χ0) is 24.3. The Morgan fingerprint density at radius 2 is 1.76 bits per heavy atom. The number of rotatable bonds is 5. The minimum Gasteiger partial charge on any atom is -0.495 e. The predicted octanol–water partition coefficient (Wildman–Crippen LogP) is 3.51. The Bertz CT molecular complexity index is 1090. The minimum atomic E-state index is -4.41. The van der Waals surface area contributed by atoms with E-state index in [2.05, 4.69) is 15.8 Å². The Morgan fingerprint density at radius 3 is 2.35 bits per heavy atom. The maximum absolute atomic E-state index is 12.9. The summed E-state index contributed by atoms with van der Waals surface area (Å²) in [4.78, 5) is 18.8. The number of benzene rings is 1. The average Bonchev–Trinajstić information content (AvgIpc) is 2.84. The molecule has 4 N–H and O–H groups in total. The number of halogens is 3. The van der Waals surface area contributed by atoms with E-state index >= 15 is 0 Å². The maximum atomic E-state index is 12.9. The van der Waals surface area contributed by atoms with Gasteiger partial charge >= 0.3 is 6.18 Å². The third-order valence-corrected chi connectivity index (χ3v) is 5.68. The number of ether oxygens (including phenoxy) is 2. The summed E-state index contributed by atoms with van der Waals surface area (Å²) in [6, 6.07) is 7.46. The molecule has 0 bridgehead atoms. The molecule has 3 heterocycles. The molecule has 1 amide bonds. The van der Waals surface area contributed by atoms with Crippen molar-refractivity contribution in [2.75, 3.05) is 20.2 Å². The van der Waals surface area contributed by atoms with Gasteiger partial charge in [0.2, 0.25) is 0 Å². The second-order valence-electron chi connectivity index (χ2n) is 7.90. The molecule has 8 nitrogen and oxygen atoms in total. The van der Waals surface area contributed by atoms with Crippen molar-refractivity contribution in [3.05, 3.63) is 77.2 Å². The van der Waals surface area contributed by atoms with Gasteiger partial charge in [0.15, 0.2) is 0 Å². The van der Waals surface area contributed by atoms with Crippen LogP contribution in [0.15, 0.2) is 65.9 Å². The first-order valence-corrected chi connectivity index (χ1v) is 10.6. The number of hydrogen-bond acceptors (Lipinski definition) is 7. The molecule has 0 saturated carbocycles. The van der Waals surface area contributed by atoms with Gasteiger partial charge in [0.05, 0.1) is 24.6 Å². The Kier molecular flexibility index (Phi) is 6.53. The second-order valence-corrected chi connectivity index (χ2v) is 7.90. The van der Waals surface area contributed by atoms with Crippen molar-refractivity contribution in [1.82, 2.24) is 20.7 Å². The molecule has 0 radical (unpaired) electrons. The quantitative estimate of drug-likeness (QED) is 0.608. The van der Waals surface area contributed by atoms with Crippen LogP contribution in [0.5, 0.6) is 11.5 Å². The molecule has 2 aliphatic rings. The summed E-state index contributed by atoms with van der Waals surface area (Å²) in [5, 5.41) is 0. The van der Waals surface area contributed by atoms with Crippen LogP contribution >= 0.6 is 0 Å². The zero-order valence-corrected chi connectivity index (χ0v) is 18.4. The number of likely N-dealkylation sites (tertiary alicyclic amines) is 1. The van der Waals surface area contributed by atoms with Gasteiger partial charge < -0.3 is 20.1 Å². The van der Waals surface area contributed by atoms with Crippen LogP contribution in [-0.2, 0) is 10.9 Å². The fourth-order valence-corrected chi connectivity index (χ4v) is 3.88. The summed E-state index contributed by atoms with van der Waals surface area (Å²) in [7, 11) is 1.58. The maximum Gasteiger partial charge on any atom is 0.416 e. The van der Waals surface area contributed by atoms with E-state index in [9.17, 15) is 18.0 Å². The third-order valence-electron chi connectivity index (χ3n) is 5.68. The van der Waals surface area contributed by atoms with Gasteiger partial charge in [-0.15, -0.1) is 0 Å². The van der Waals surface area contributed by atoms with Gasteiger partial charge in [-0.25, -0.2) is 4.98 Å². The molecular formula is C23H24F3N5O3. The van der Waals surface area contributed by atoms with Gasteiger partial charge in [-0.05, 0) is 49.2 Å². The number of carbonyl (C=O) groups excluding carboxylic acids is 1. The predicted molar refractivity (Wildman–Crippen MR) is 117 cm³/mol. The monoisotopic (exact) mass is 475 g/mol. The summed E-state index contributed by atoms with van der Waals surface area (Å²) >= 11 is 0. The van der Waals surface area contributed by atoms with Crippen molar-refractivity contribution in [2.24, 2.45) is 11.7 Å². The number of pyridine rings is 1. The van der Waals surface area contributed by atoms with E-state index in [0.29, 0.717) is 30.4 Å². The van der Waals surface area contributed by atoms with Gasteiger partial charge in [0, 0.05) is 25.1 Å². The van der Waals surface area contributed by atoms with Crippen LogP contribution in [0.3, 0.4) is 0 Å². The van der Waals surface area contributed by atoms with Crippen molar-refractivity contribution < 1.29 is 27.4 Å². The van der Waals surface area contributed by atoms with Crippen molar-refractivity contribution in [1.29, 1.82) is 0 Å². The van der Waals surface area contributed by atoms with E-state index in [0.717, 1.165) is 30.7 Å². The van der Waals surface area contributed by atoms with Crippen molar-refractivity contribution in [3.63, 3.8) is 0 Å². The number of methoxy groups -OCH3 is 1. The number of nitrogens with one attached hydrogen (secondary N) is 2. The molecule has 0 spiro atoms. The molecule has 1 aromatic carbocycles. The summed E-state index contributed by atoms with van der Waals surface area (Å²) in [5.74, 6) is 1.68. The van der Waals surface area contributed by atoms with Crippen LogP contribution in [0.1, 0.15) is 28.9 Å². The standard InChI is InChI=1S/C23H24F3N5O3/c1-33-19-12-20(27)29-30-21(19)14-8-10-31(11-9-14)22(32)18-7-6-17(13-28-18)34-16-4-2-15(3-5-16)23(24,25)26/h2-7,12-14,29-30H,8-11,27H2,1H3. The number of hydrogen-bond donors (Lipinski definition) is 3. The molecule has 0 aliphatic carbocycles. The molecular weight excluding hydrogens is 451 g/mol. The van der Waals surface area contributed by atoms with Gasteiger partial charge in [-0.3, -0.25) is 15.6 Å². The van der Waals surface area contributed by atoms with Crippen LogP contribution < -0.4 is 21.3 Å². The number of piperidine rings is 1. The Balaban J connectivity index is 1.34. The fraction of sp³-hybridized carbons (Fsp3) is 0.304. The Morgan fingerprint density at radius 1 is 1.09 bits per heavy atom. The van der Waals surface area contributed by atoms with Crippen molar-refractivity contribution in [3.8, 4) is 11.5 Å². The summed E-state index contributed by atoms with van der Waals surface area (Å²) in [6.07, 6.45) is 0.175. The van der Waals surface area contributed by atoms with Gasteiger partial charge in [-0.2, -0.15) is 13.2 Å². The van der Waals surface area contributed by atoms with Crippen LogP contribution in [0.2, 0.25) is 0 Å². The Labute approximate surface area is 194 Å². The number of hydrazine groups is 1. The molecule has 1 fully saturated rings. The molecule has 34 heavy (non-hydrogen) atoms. The lowest BCUT2D eigenvalue weighted by molar-refractivity contribution is -0.137. The minimum absolute atomic E-state index is 0.184. The third kappa shape index (κ3) is 5.19. The molecule has 1 saturated heterocycles. The molecule has 180 valence electrons. The molecule has 0 atom stereocenters. The highest BCUT2D eigenvalue weighted by molar-refractivity contribution is 5.92. The lowest BCUT2D eigenvalue weighted by atomic mass is 9.92. The first-order valence-electron chi connectivity index (χ1n) is 10.6. The van der Waals surface area contributed by atoms with E-state index in [4.69, 9.17) is 15.2 Å². The number of amides is 1. The summed E-state index contributed by atoms with van der Waals surface area (Å²) < 4.78 is 49.0. The normalized spacial score (nSPS) is 16.9. The van der Waals surface area contributed by atoms with Gasteiger partial charge in [-0.1, -0.05) is 0 Å². The van der Waals surface area contributed by atoms with E-state index in [1.54, 1.807) is 30.2 Å². The first-order chi connectivity index (χ1) is 16.2. The molecule has 4 rings (SSSR count). The van der Waals surface area contributed by atoms with Gasteiger partial charge in [0.1, 0.15) is 28.8 Å².